The predicted molar refractivity (Wildman–Crippen MR) is 122 cm³/mol. The minimum absolute atomic E-state index is 0.0777. The van der Waals surface area contributed by atoms with Crippen molar-refractivity contribution < 1.29 is 17.9 Å². The number of halogens is 2. The Bertz CT molecular complexity index is 1120. The Balaban J connectivity index is 1.62. The third-order valence-corrected chi connectivity index (χ3v) is 6.20. The van der Waals surface area contributed by atoms with E-state index in [1.165, 1.54) is 24.3 Å². The lowest BCUT2D eigenvalue weighted by molar-refractivity contribution is -0.122. The number of carbonyl (C=O) groups is 1. The molecule has 0 bridgehead atoms. The van der Waals surface area contributed by atoms with Crippen molar-refractivity contribution in [3.05, 3.63) is 82.3 Å². The Morgan fingerprint density at radius 1 is 0.933 bits per heavy atom. The van der Waals surface area contributed by atoms with E-state index in [4.69, 9.17) is 16.3 Å². The molecule has 0 saturated carbocycles. The lowest BCUT2D eigenvalue weighted by Gasteiger charge is -2.15. The van der Waals surface area contributed by atoms with Crippen LogP contribution in [0.2, 0.25) is 5.02 Å². The van der Waals surface area contributed by atoms with Crippen molar-refractivity contribution in [2.75, 3.05) is 10.0 Å². The first kappa shape index (κ1) is 22.1. The van der Waals surface area contributed by atoms with Crippen molar-refractivity contribution in [1.82, 2.24) is 0 Å². The number of hydrogen-bond acceptors (Lipinski definition) is 4. The normalized spacial score (nSPS) is 12.1. The Kier molecular flexibility index (Phi) is 7.02. The van der Waals surface area contributed by atoms with Gasteiger partial charge in [0.15, 0.2) is 6.10 Å². The molecular formula is C21H18BrClN2O4S. The average molecular weight is 510 g/mol. The van der Waals surface area contributed by atoms with Crippen LogP contribution in [0.25, 0.3) is 0 Å². The van der Waals surface area contributed by atoms with Crippen LogP contribution in [-0.2, 0) is 14.8 Å². The van der Waals surface area contributed by atoms with Crippen LogP contribution in [0.15, 0.2) is 82.2 Å². The van der Waals surface area contributed by atoms with E-state index < -0.39 is 16.1 Å². The maximum atomic E-state index is 12.5. The minimum atomic E-state index is -3.75. The summed E-state index contributed by atoms with van der Waals surface area (Å²) < 4.78 is 34.0. The molecule has 0 aliphatic carbocycles. The van der Waals surface area contributed by atoms with Gasteiger partial charge in [-0.15, -0.1) is 0 Å². The fourth-order valence-corrected chi connectivity index (χ4v) is 3.91. The van der Waals surface area contributed by atoms with Crippen LogP contribution in [0, 0.1) is 0 Å². The van der Waals surface area contributed by atoms with Crippen molar-refractivity contribution in [3.63, 3.8) is 0 Å². The third-order valence-electron chi connectivity index (χ3n) is 4.02. The van der Waals surface area contributed by atoms with Crippen molar-refractivity contribution in [3.8, 4) is 5.75 Å². The van der Waals surface area contributed by atoms with E-state index in [0.717, 1.165) is 4.47 Å². The number of rotatable bonds is 7. The molecule has 3 aromatic rings. The zero-order chi connectivity index (χ0) is 21.7. The molecule has 0 saturated heterocycles. The summed E-state index contributed by atoms with van der Waals surface area (Å²) in [7, 11) is -3.75. The zero-order valence-corrected chi connectivity index (χ0v) is 19.0. The number of hydrogen-bond donors (Lipinski definition) is 2. The quantitative estimate of drug-likeness (QED) is 0.452. The number of sulfonamides is 1. The molecule has 3 rings (SSSR count). The summed E-state index contributed by atoms with van der Waals surface area (Å²) in [4.78, 5) is 12.4. The summed E-state index contributed by atoms with van der Waals surface area (Å²) in [5, 5.41) is 3.27. The number of nitrogens with one attached hydrogen (secondary N) is 2. The molecule has 1 amide bonds. The van der Waals surface area contributed by atoms with Crippen LogP contribution in [0.5, 0.6) is 5.75 Å². The molecule has 0 unspecified atom stereocenters. The van der Waals surface area contributed by atoms with Crippen molar-refractivity contribution >= 4 is 54.8 Å². The molecule has 0 heterocycles. The van der Waals surface area contributed by atoms with E-state index in [9.17, 15) is 13.2 Å². The van der Waals surface area contributed by atoms with Gasteiger partial charge in [-0.3, -0.25) is 9.52 Å². The lowest BCUT2D eigenvalue weighted by Crippen LogP contribution is -2.30. The summed E-state index contributed by atoms with van der Waals surface area (Å²) in [5.41, 5.74) is 0.901. The molecule has 2 N–H and O–H groups in total. The van der Waals surface area contributed by atoms with Gasteiger partial charge in [0.1, 0.15) is 5.75 Å². The van der Waals surface area contributed by atoms with E-state index in [1.54, 1.807) is 55.5 Å². The summed E-state index contributed by atoms with van der Waals surface area (Å²) in [6.45, 7) is 1.62. The topological polar surface area (TPSA) is 84.5 Å². The molecule has 30 heavy (non-hydrogen) atoms. The first-order valence-electron chi connectivity index (χ1n) is 8.84. The predicted octanol–water partition coefficient (Wildman–Crippen LogP) is 5.31. The molecule has 0 spiro atoms. The monoisotopic (exact) mass is 508 g/mol. The molecule has 0 aliphatic rings. The summed E-state index contributed by atoms with van der Waals surface area (Å²) in [6, 6.07) is 19.3. The highest BCUT2D eigenvalue weighted by atomic mass is 79.9. The number of amides is 1. The van der Waals surface area contributed by atoms with Crippen LogP contribution in [0.4, 0.5) is 11.4 Å². The van der Waals surface area contributed by atoms with E-state index >= 15 is 0 Å². The fraction of sp³-hybridized carbons (Fsp3) is 0.0952. The molecule has 0 aromatic heterocycles. The largest absolute Gasteiger partial charge is 0.481 e. The second-order valence-electron chi connectivity index (χ2n) is 6.34. The highest BCUT2D eigenvalue weighted by molar-refractivity contribution is 9.10. The smallest absolute Gasteiger partial charge is 0.265 e. The number of carbonyl (C=O) groups excluding carboxylic acids is 1. The Morgan fingerprint density at radius 2 is 1.50 bits per heavy atom. The Hall–Kier alpha value is -2.55. The summed E-state index contributed by atoms with van der Waals surface area (Å²) in [6.07, 6.45) is -0.756. The average Bonchev–Trinajstić information content (AvgIpc) is 2.71. The van der Waals surface area contributed by atoms with E-state index in [2.05, 4.69) is 26.0 Å². The van der Waals surface area contributed by atoms with Gasteiger partial charge in [0, 0.05) is 20.9 Å². The van der Waals surface area contributed by atoms with E-state index in [0.29, 0.717) is 22.1 Å². The van der Waals surface area contributed by atoms with Crippen molar-refractivity contribution in [2.24, 2.45) is 0 Å². The highest BCUT2D eigenvalue weighted by Crippen LogP contribution is 2.21. The van der Waals surface area contributed by atoms with Crippen molar-refractivity contribution in [1.29, 1.82) is 0 Å². The summed E-state index contributed by atoms with van der Waals surface area (Å²) in [5.74, 6) is 0.149. The molecule has 6 nitrogen and oxygen atoms in total. The second kappa shape index (κ2) is 9.51. The van der Waals surface area contributed by atoms with Gasteiger partial charge in [-0.1, -0.05) is 27.5 Å². The van der Waals surface area contributed by atoms with Gasteiger partial charge >= 0.3 is 0 Å². The van der Waals surface area contributed by atoms with E-state index in [1.807, 2.05) is 0 Å². The number of benzene rings is 3. The highest BCUT2D eigenvalue weighted by Gasteiger charge is 2.17. The molecular weight excluding hydrogens is 492 g/mol. The van der Waals surface area contributed by atoms with Crippen LogP contribution in [-0.4, -0.2) is 20.4 Å². The van der Waals surface area contributed by atoms with Crippen LogP contribution >= 0.6 is 27.5 Å². The molecule has 0 aliphatic heterocycles. The van der Waals surface area contributed by atoms with Crippen LogP contribution < -0.4 is 14.8 Å². The molecule has 0 radical (unpaired) electrons. The zero-order valence-electron chi connectivity index (χ0n) is 15.8. The van der Waals surface area contributed by atoms with Crippen LogP contribution in [0.1, 0.15) is 6.92 Å². The maximum Gasteiger partial charge on any atom is 0.265 e. The standard InChI is InChI=1S/C21H18BrClN2O4S/c1-14(29-19-10-4-16(23)5-11-19)21(26)24-17-8-12-20(13-9-17)30(27,28)25-18-6-2-15(22)3-7-18/h2-14,25H,1H3,(H,24,26)/t14-/m0/s1. The minimum Gasteiger partial charge on any atom is -0.481 e. The lowest BCUT2D eigenvalue weighted by atomic mass is 10.3. The van der Waals surface area contributed by atoms with Gasteiger partial charge in [0.05, 0.1) is 4.90 Å². The Labute approximate surface area is 188 Å². The van der Waals surface area contributed by atoms with Gasteiger partial charge in [0.2, 0.25) is 0 Å². The second-order valence-corrected chi connectivity index (χ2v) is 9.37. The van der Waals surface area contributed by atoms with Gasteiger partial charge in [-0.2, -0.15) is 0 Å². The maximum absolute atomic E-state index is 12.5. The number of anilines is 2. The van der Waals surface area contributed by atoms with Gasteiger partial charge in [-0.25, -0.2) is 8.42 Å². The number of ether oxygens (including phenoxy) is 1. The molecule has 0 fully saturated rings. The molecule has 9 heteroatoms. The van der Waals surface area contributed by atoms with Crippen molar-refractivity contribution in [2.45, 2.75) is 17.9 Å². The van der Waals surface area contributed by atoms with Gasteiger partial charge in [0.25, 0.3) is 15.9 Å². The first-order valence-corrected chi connectivity index (χ1v) is 11.5. The molecule has 156 valence electrons. The molecule has 1 atom stereocenters. The fourth-order valence-electron chi connectivity index (χ4n) is 2.46. The van der Waals surface area contributed by atoms with Crippen LogP contribution in [0.3, 0.4) is 0 Å². The third kappa shape index (κ3) is 5.98. The SMILES string of the molecule is C[C@H](Oc1ccc(Cl)cc1)C(=O)Nc1ccc(S(=O)(=O)Nc2ccc(Br)cc2)cc1. The van der Waals surface area contributed by atoms with E-state index in [-0.39, 0.29) is 10.8 Å². The first-order chi connectivity index (χ1) is 14.2. The molecule has 3 aromatic carbocycles. The van der Waals surface area contributed by atoms with Gasteiger partial charge < -0.3 is 10.1 Å². The van der Waals surface area contributed by atoms with Gasteiger partial charge in [-0.05, 0) is 79.7 Å². The summed E-state index contributed by atoms with van der Waals surface area (Å²) >= 11 is 9.13. The Morgan fingerprint density at radius 3 is 2.10 bits per heavy atom.